The zero-order valence-electron chi connectivity index (χ0n) is 12.8. The Morgan fingerprint density at radius 2 is 1.71 bits per heavy atom. The van der Waals surface area contributed by atoms with E-state index in [-0.39, 0.29) is 11.5 Å². The van der Waals surface area contributed by atoms with E-state index in [9.17, 15) is 14.7 Å². The molecule has 2 rings (SSSR count). The van der Waals surface area contributed by atoms with Crippen molar-refractivity contribution in [2.45, 2.75) is 6.92 Å². The Morgan fingerprint density at radius 1 is 1.08 bits per heavy atom. The molecule has 0 bridgehead atoms. The minimum atomic E-state index is -0.810. The molecule has 2 amide bonds. The summed E-state index contributed by atoms with van der Waals surface area (Å²) in [6.07, 6.45) is 1.24. The van der Waals surface area contributed by atoms with Crippen molar-refractivity contribution in [3.8, 4) is 5.75 Å². The Bertz CT molecular complexity index is 813. The summed E-state index contributed by atoms with van der Waals surface area (Å²) in [6, 6.07) is 10.4. The second kappa shape index (κ2) is 7.63. The number of hydrazone groups is 1. The number of aromatic hydroxyl groups is 1. The van der Waals surface area contributed by atoms with E-state index in [1.165, 1.54) is 25.3 Å². The van der Waals surface area contributed by atoms with Gasteiger partial charge in [0.15, 0.2) is 5.78 Å². The molecule has 0 saturated heterocycles. The van der Waals surface area contributed by atoms with E-state index in [0.29, 0.717) is 22.5 Å². The molecule has 0 aliphatic rings. The first-order chi connectivity index (χ1) is 11.5. The Balaban J connectivity index is 2.15. The van der Waals surface area contributed by atoms with Crippen LogP contribution in [-0.4, -0.2) is 23.1 Å². The van der Waals surface area contributed by atoms with Crippen LogP contribution >= 0.6 is 0 Å². The van der Waals surface area contributed by atoms with E-state index in [0.717, 1.165) is 0 Å². The fourth-order valence-electron chi connectivity index (χ4n) is 1.75. The van der Waals surface area contributed by atoms with Gasteiger partial charge in [-0.05, 0) is 49.4 Å². The average Bonchev–Trinajstić information content (AvgIpc) is 2.55. The van der Waals surface area contributed by atoms with Crippen LogP contribution in [0.1, 0.15) is 22.8 Å². The van der Waals surface area contributed by atoms with Gasteiger partial charge in [-0.25, -0.2) is 10.2 Å². The van der Waals surface area contributed by atoms with Crippen molar-refractivity contribution < 1.29 is 14.7 Å². The first-order valence-corrected chi connectivity index (χ1v) is 6.90. The minimum Gasteiger partial charge on any atom is -0.507 e. The number of hydrogen-bond donors (Lipinski definition) is 3. The van der Waals surface area contributed by atoms with Crippen molar-refractivity contribution in [2.75, 3.05) is 0 Å². The van der Waals surface area contributed by atoms with Crippen molar-refractivity contribution >= 4 is 29.4 Å². The number of carbonyl (C=O) groups is 2. The summed E-state index contributed by atoms with van der Waals surface area (Å²) in [4.78, 5) is 21.8. The molecule has 0 aliphatic heterocycles. The highest BCUT2D eigenvalue weighted by Crippen LogP contribution is 2.24. The molecule has 8 nitrogen and oxygen atoms in total. The fourth-order valence-corrected chi connectivity index (χ4v) is 1.75. The van der Waals surface area contributed by atoms with Crippen molar-refractivity contribution in [1.29, 1.82) is 0 Å². The number of phenolic OH excluding ortho intramolecular Hbond substituents is 1. The third kappa shape index (κ3) is 4.73. The van der Waals surface area contributed by atoms with E-state index in [2.05, 4.69) is 15.3 Å². The minimum absolute atomic E-state index is 0.0227. The smallest absolute Gasteiger partial charge is 0.332 e. The molecule has 0 atom stereocenters. The summed E-state index contributed by atoms with van der Waals surface area (Å²) in [6.45, 7) is 1.49. The summed E-state index contributed by atoms with van der Waals surface area (Å²) >= 11 is 0. The monoisotopic (exact) mass is 325 g/mol. The average molecular weight is 325 g/mol. The molecule has 2 aromatic rings. The summed E-state index contributed by atoms with van der Waals surface area (Å²) in [7, 11) is 0. The van der Waals surface area contributed by atoms with Gasteiger partial charge in [0.1, 0.15) is 5.75 Å². The number of Topliss-reactive ketones (excluding diaryl/α,β-unsaturated/α-hetero) is 1. The van der Waals surface area contributed by atoms with Gasteiger partial charge in [0.05, 0.1) is 17.6 Å². The summed E-state index contributed by atoms with van der Waals surface area (Å²) < 4.78 is 0. The quantitative estimate of drug-likeness (QED) is 0.338. The zero-order valence-corrected chi connectivity index (χ0v) is 12.8. The molecule has 0 spiro atoms. The second-order valence-electron chi connectivity index (χ2n) is 4.78. The van der Waals surface area contributed by atoms with E-state index in [4.69, 9.17) is 5.73 Å². The van der Waals surface area contributed by atoms with Crippen LogP contribution in [-0.2, 0) is 0 Å². The van der Waals surface area contributed by atoms with Crippen LogP contribution in [0.5, 0.6) is 5.75 Å². The van der Waals surface area contributed by atoms with Gasteiger partial charge >= 0.3 is 6.03 Å². The number of amides is 2. The Kier molecular flexibility index (Phi) is 5.35. The topological polar surface area (TPSA) is 130 Å². The molecular weight excluding hydrogens is 310 g/mol. The molecule has 0 heterocycles. The van der Waals surface area contributed by atoms with Crippen molar-refractivity contribution in [1.82, 2.24) is 5.43 Å². The van der Waals surface area contributed by atoms with Crippen LogP contribution in [0.2, 0.25) is 0 Å². The number of nitrogens with one attached hydrogen (secondary N) is 1. The maximum absolute atomic E-state index is 11.2. The van der Waals surface area contributed by atoms with Gasteiger partial charge in [-0.1, -0.05) is 0 Å². The van der Waals surface area contributed by atoms with Gasteiger partial charge in [-0.2, -0.15) is 15.3 Å². The predicted octanol–water partition coefficient (Wildman–Crippen LogP) is 3.01. The van der Waals surface area contributed by atoms with Crippen LogP contribution in [0.3, 0.4) is 0 Å². The normalized spacial score (nSPS) is 11.0. The van der Waals surface area contributed by atoms with E-state index < -0.39 is 6.03 Å². The highest BCUT2D eigenvalue weighted by atomic mass is 16.3. The Morgan fingerprint density at radius 3 is 2.33 bits per heavy atom. The van der Waals surface area contributed by atoms with Crippen molar-refractivity contribution in [3.05, 3.63) is 53.6 Å². The standard InChI is InChI=1S/C16H15N5O3/c1-10(22)11-2-4-13(5-3-11)19-20-14-6-7-15(23)12(8-14)9-18-21-16(17)24/h2-9,23H,1H3,(H3,17,21,24)/b18-9-,20-19?. The van der Waals surface area contributed by atoms with Crippen LogP contribution < -0.4 is 11.2 Å². The summed E-state index contributed by atoms with van der Waals surface area (Å²) in [5, 5.41) is 21.4. The van der Waals surface area contributed by atoms with Gasteiger partial charge in [-0.15, -0.1) is 0 Å². The summed E-state index contributed by atoms with van der Waals surface area (Å²) in [5.41, 5.74) is 8.91. The van der Waals surface area contributed by atoms with Crippen molar-refractivity contribution in [3.63, 3.8) is 0 Å². The van der Waals surface area contributed by atoms with Gasteiger partial charge in [0.25, 0.3) is 0 Å². The first-order valence-electron chi connectivity index (χ1n) is 6.90. The molecule has 24 heavy (non-hydrogen) atoms. The zero-order chi connectivity index (χ0) is 17.5. The Hall–Kier alpha value is -3.55. The number of hydrogen-bond acceptors (Lipinski definition) is 6. The lowest BCUT2D eigenvalue weighted by atomic mass is 10.1. The van der Waals surface area contributed by atoms with Gasteiger partial charge in [0, 0.05) is 11.1 Å². The number of phenols is 1. The Labute approximate surface area is 137 Å². The lowest BCUT2D eigenvalue weighted by molar-refractivity contribution is 0.101. The van der Waals surface area contributed by atoms with Gasteiger partial charge < -0.3 is 10.8 Å². The number of nitrogens with zero attached hydrogens (tertiary/aromatic N) is 3. The molecule has 0 radical (unpaired) electrons. The van der Waals surface area contributed by atoms with Crippen LogP contribution in [0.15, 0.2) is 57.8 Å². The van der Waals surface area contributed by atoms with Crippen LogP contribution in [0.25, 0.3) is 0 Å². The molecule has 0 unspecified atom stereocenters. The van der Waals surface area contributed by atoms with E-state index in [1.807, 2.05) is 5.43 Å². The molecule has 0 aromatic heterocycles. The highest BCUT2D eigenvalue weighted by molar-refractivity contribution is 5.94. The fraction of sp³-hybridized carbons (Fsp3) is 0.0625. The van der Waals surface area contributed by atoms with Crippen LogP contribution in [0.4, 0.5) is 16.2 Å². The van der Waals surface area contributed by atoms with Gasteiger partial charge in [-0.3, -0.25) is 4.79 Å². The summed E-state index contributed by atoms with van der Waals surface area (Å²) in [5.74, 6) is -0.0553. The molecule has 8 heteroatoms. The molecule has 122 valence electrons. The molecular formula is C16H15N5O3. The predicted molar refractivity (Wildman–Crippen MR) is 89.0 cm³/mol. The second-order valence-corrected chi connectivity index (χ2v) is 4.78. The number of azo groups is 1. The third-order valence-electron chi connectivity index (χ3n) is 2.94. The SMILES string of the molecule is CC(=O)c1ccc(N=Nc2ccc(O)c(/C=N\NC(N)=O)c2)cc1. The maximum Gasteiger partial charge on any atom is 0.332 e. The number of primary amides is 1. The molecule has 4 N–H and O–H groups in total. The number of rotatable bonds is 5. The maximum atomic E-state index is 11.2. The number of ketones is 1. The van der Waals surface area contributed by atoms with E-state index >= 15 is 0 Å². The van der Waals surface area contributed by atoms with Crippen molar-refractivity contribution in [2.24, 2.45) is 21.1 Å². The molecule has 0 fully saturated rings. The van der Waals surface area contributed by atoms with E-state index in [1.54, 1.807) is 30.3 Å². The molecule has 0 aliphatic carbocycles. The third-order valence-corrected chi connectivity index (χ3v) is 2.94. The number of carbonyl (C=O) groups excluding carboxylic acids is 2. The highest BCUT2D eigenvalue weighted by Gasteiger charge is 2.01. The largest absolute Gasteiger partial charge is 0.507 e. The first kappa shape index (κ1) is 16.8. The van der Waals surface area contributed by atoms with Crippen LogP contribution in [0, 0.1) is 0 Å². The number of nitrogens with two attached hydrogens (primary N) is 1. The molecule has 2 aromatic carbocycles. The molecule has 0 saturated carbocycles. The van der Waals surface area contributed by atoms with Gasteiger partial charge in [0.2, 0.25) is 0 Å². The number of urea groups is 1. The number of benzene rings is 2. The lowest BCUT2D eigenvalue weighted by Crippen LogP contribution is -2.24. The lowest BCUT2D eigenvalue weighted by Gasteiger charge is -2.00.